The number of rotatable bonds is 3. The number of halogens is 1. The van der Waals surface area contributed by atoms with Crippen LogP contribution in [0.4, 0.5) is 5.69 Å². The molecular formula is C17H19BrN2O. The average Bonchev–Trinajstić information content (AvgIpc) is 2.42. The van der Waals surface area contributed by atoms with E-state index in [0.29, 0.717) is 5.56 Å². The summed E-state index contributed by atoms with van der Waals surface area (Å²) in [4.78, 5) is 12.3. The molecule has 0 spiro atoms. The molecule has 1 amide bonds. The maximum absolute atomic E-state index is 12.3. The van der Waals surface area contributed by atoms with Crippen LogP contribution in [-0.4, -0.2) is 5.91 Å². The summed E-state index contributed by atoms with van der Waals surface area (Å²) in [5.74, 6) is -0.142. The number of aryl methyl sites for hydroxylation is 1. The normalized spacial score (nSPS) is 11.3. The van der Waals surface area contributed by atoms with E-state index in [4.69, 9.17) is 5.73 Å². The van der Waals surface area contributed by atoms with Crippen LogP contribution in [-0.2, 0) is 5.54 Å². The second kappa shape index (κ2) is 6.00. The molecule has 2 aromatic carbocycles. The fourth-order valence-corrected chi connectivity index (χ4v) is 2.31. The Morgan fingerprint density at radius 3 is 2.52 bits per heavy atom. The van der Waals surface area contributed by atoms with Crippen LogP contribution < -0.4 is 11.1 Å². The topological polar surface area (TPSA) is 55.1 Å². The minimum Gasteiger partial charge on any atom is -0.322 e. The predicted octanol–water partition coefficient (Wildman–Crippen LogP) is 4.20. The lowest BCUT2D eigenvalue weighted by molar-refractivity contribution is 0.102. The van der Waals surface area contributed by atoms with Gasteiger partial charge in [0.2, 0.25) is 0 Å². The minimum absolute atomic E-state index is 0.142. The van der Waals surface area contributed by atoms with E-state index < -0.39 is 5.54 Å². The lowest BCUT2D eigenvalue weighted by Gasteiger charge is -2.19. The van der Waals surface area contributed by atoms with Gasteiger partial charge in [-0.3, -0.25) is 4.79 Å². The number of nitrogens with one attached hydrogen (secondary N) is 1. The number of benzene rings is 2. The van der Waals surface area contributed by atoms with Crippen molar-refractivity contribution in [3.05, 3.63) is 63.6 Å². The predicted molar refractivity (Wildman–Crippen MR) is 90.5 cm³/mol. The summed E-state index contributed by atoms with van der Waals surface area (Å²) < 4.78 is 0.970. The Morgan fingerprint density at radius 1 is 1.19 bits per heavy atom. The fourth-order valence-electron chi connectivity index (χ4n) is 1.94. The van der Waals surface area contributed by atoms with Gasteiger partial charge in [0.25, 0.3) is 5.91 Å². The Labute approximate surface area is 133 Å². The van der Waals surface area contributed by atoms with Gasteiger partial charge in [-0.05, 0) is 56.2 Å². The van der Waals surface area contributed by atoms with Gasteiger partial charge >= 0.3 is 0 Å². The first-order valence-electron chi connectivity index (χ1n) is 6.74. The lowest BCUT2D eigenvalue weighted by atomic mass is 9.94. The Balaban J connectivity index is 2.22. The standard InChI is InChI=1S/C17H19BrN2O/c1-11-7-8-14(10-15(11)18)20-16(21)12-5-4-6-13(9-12)17(2,3)19/h4-10H,19H2,1-3H3,(H,20,21). The summed E-state index contributed by atoms with van der Waals surface area (Å²) in [5.41, 5.74) is 9.02. The third-order valence-corrected chi connectivity index (χ3v) is 4.15. The van der Waals surface area contributed by atoms with E-state index in [-0.39, 0.29) is 5.91 Å². The summed E-state index contributed by atoms with van der Waals surface area (Å²) in [7, 11) is 0. The Bertz CT molecular complexity index is 675. The second-order valence-corrected chi connectivity index (χ2v) is 6.57. The van der Waals surface area contributed by atoms with Gasteiger partial charge in [-0.15, -0.1) is 0 Å². The number of nitrogens with two attached hydrogens (primary N) is 1. The zero-order valence-corrected chi connectivity index (χ0v) is 14.0. The molecule has 0 unspecified atom stereocenters. The minimum atomic E-state index is -0.469. The summed E-state index contributed by atoms with van der Waals surface area (Å²) >= 11 is 3.46. The number of anilines is 1. The zero-order chi connectivity index (χ0) is 15.6. The highest BCUT2D eigenvalue weighted by Gasteiger charge is 2.16. The van der Waals surface area contributed by atoms with E-state index in [1.54, 1.807) is 6.07 Å². The van der Waals surface area contributed by atoms with E-state index in [1.807, 2.05) is 57.2 Å². The van der Waals surface area contributed by atoms with Crippen LogP contribution in [0, 0.1) is 6.92 Å². The fraction of sp³-hybridized carbons (Fsp3) is 0.235. The molecular weight excluding hydrogens is 328 g/mol. The van der Waals surface area contributed by atoms with Gasteiger partial charge < -0.3 is 11.1 Å². The summed E-state index contributed by atoms with van der Waals surface area (Å²) in [5, 5.41) is 2.90. The molecule has 0 radical (unpaired) electrons. The summed E-state index contributed by atoms with van der Waals surface area (Å²) in [6.45, 7) is 5.84. The van der Waals surface area contributed by atoms with Crippen molar-refractivity contribution in [1.82, 2.24) is 0 Å². The molecule has 0 aliphatic heterocycles. The van der Waals surface area contributed by atoms with Crippen LogP contribution in [0.15, 0.2) is 46.9 Å². The van der Waals surface area contributed by atoms with E-state index in [1.165, 1.54) is 0 Å². The quantitative estimate of drug-likeness (QED) is 0.874. The number of amides is 1. The second-order valence-electron chi connectivity index (χ2n) is 5.72. The molecule has 2 aromatic rings. The molecule has 0 saturated carbocycles. The molecule has 3 N–H and O–H groups in total. The third kappa shape index (κ3) is 3.93. The maximum atomic E-state index is 12.3. The van der Waals surface area contributed by atoms with Crippen molar-refractivity contribution in [2.24, 2.45) is 5.73 Å². The van der Waals surface area contributed by atoms with Crippen molar-refractivity contribution in [1.29, 1.82) is 0 Å². The highest BCUT2D eigenvalue weighted by atomic mass is 79.9. The maximum Gasteiger partial charge on any atom is 0.255 e. The third-order valence-electron chi connectivity index (χ3n) is 3.30. The molecule has 0 aliphatic rings. The molecule has 4 heteroatoms. The smallest absolute Gasteiger partial charge is 0.255 e. The van der Waals surface area contributed by atoms with Gasteiger partial charge in [-0.2, -0.15) is 0 Å². The number of hydrogen-bond acceptors (Lipinski definition) is 2. The van der Waals surface area contributed by atoms with Gasteiger partial charge in [0.15, 0.2) is 0 Å². The van der Waals surface area contributed by atoms with Crippen molar-refractivity contribution >= 4 is 27.5 Å². The first-order chi connectivity index (χ1) is 9.77. The van der Waals surface area contributed by atoms with Gasteiger partial charge in [0, 0.05) is 21.3 Å². The SMILES string of the molecule is Cc1ccc(NC(=O)c2cccc(C(C)(C)N)c2)cc1Br. The van der Waals surface area contributed by atoms with Crippen LogP contribution in [0.25, 0.3) is 0 Å². The summed E-state index contributed by atoms with van der Waals surface area (Å²) in [6.07, 6.45) is 0. The van der Waals surface area contributed by atoms with E-state index >= 15 is 0 Å². The number of carbonyl (C=O) groups is 1. The molecule has 3 nitrogen and oxygen atoms in total. The Hall–Kier alpha value is -1.65. The van der Waals surface area contributed by atoms with Crippen LogP contribution in [0.1, 0.15) is 35.3 Å². The molecule has 0 aromatic heterocycles. The molecule has 110 valence electrons. The zero-order valence-electron chi connectivity index (χ0n) is 12.4. The molecule has 21 heavy (non-hydrogen) atoms. The van der Waals surface area contributed by atoms with E-state index in [9.17, 15) is 4.79 Å². The number of hydrogen-bond donors (Lipinski definition) is 2. The van der Waals surface area contributed by atoms with Crippen LogP contribution >= 0.6 is 15.9 Å². The van der Waals surface area contributed by atoms with Crippen molar-refractivity contribution in [2.75, 3.05) is 5.32 Å². The largest absolute Gasteiger partial charge is 0.322 e. The van der Waals surface area contributed by atoms with E-state index in [2.05, 4.69) is 21.2 Å². The van der Waals surface area contributed by atoms with Gasteiger partial charge in [-0.25, -0.2) is 0 Å². The monoisotopic (exact) mass is 346 g/mol. The molecule has 0 saturated heterocycles. The van der Waals surface area contributed by atoms with Crippen molar-refractivity contribution in [2.45, 2.75) is 26.3 Å². The highest BCUT2D eigenvalue weighted by Crippen LogP contribution is 2.22. The molecule has 0 aliphatic carbocycles. The molecule has 0 heterocycles. The molecule has 2 rings (SSSR count). The van der Waals surface area contributed by atoms with Crippen molar-refractivity contribution in [3.63, 3.8) is 0 Å². The Kier molecular flexibility index (Phi) is 4.49. The van der Waals surface area contributed by atoms with Crippen LogP contribution in [0.2, 0.25) is 0 Å². The Morgan fingerprint density at radius 2 is 1.90 bits per heavy atom. The highest BCUT2D eigenvalue weighted by molar-refractivity contribution is 9.10. The number of carbonyl (C=O) groups excluding carboxylic acids is 1. The molecule has 0 fully saturated rings. The van der Waals surface area contributed by atoms with Gasteiger partial charge in [0.1, 0.15) is 0 Å². The average molecular weight is 347 g/mol. The first-order valence-corrected chi connectivity index (χ1v) is 7.53. The van der Waals surface area contributed by atoms with Crippen molar-refractivity contribution in [3.8, 4) is 0 Å². The van der Waals surface area contributed by atoms with Crippen LogP contribution in [0.3, 0.4) is 0 Å². The first kappa shape index (κ1) is 15.7. The van der Waals surface area contributed by atoms with Crippen molar-refractivity contribution < 1.29 is 4.79 Å². The molecule has 0 bridgehead atoms. The van der Waals surface area contributed by atoms with Gasteiger partial charge in [0.05, 0.1) is 0 Å². The summed E-state index contributed by atoms with van der Waals surface area (Å²) in [6, 6.07) is 13.1. The van der Waals surface area contributed by atoms with Gasteiger partial charge in [-0.1, -0.05) is 34.1 Å². The van der Waals surface area contributed by atoms with Crippen LogP contribution in [0.5, 0.6) is 0 Å². The lowest BCUT2D eigenvalue weighted by Crippen LogP contribution is -2.29. The molecule has 0 atom stereocenters. The van der Waals surface area contributed by atoms with E-state index in [0.717, 1.165) is 21.3 Å².